The van der Waals surface area contributed by atoms with Gasteiger partial charge in [-0.05, 0) is 24.6 Å². The second-order valence-electron chi connectivity index (χ2n) is 6.56. The summed E-state index contributed by atoms with van der Waals surface area (Å²) in [5.41, 5.74) is 2.64. The first-order valence-corrected chi connectivity index (χ1v) is 10.2. The van der Waals surface area contributed by atoms with Gasteiger partial charge in [-0.1, -0.05) is 41.6 Å². The molecule has 0 spiro atoms. The van der Waals surface area contributed by atoms with Gasteiger partial charge in [-0.15, -0.1) is 10.2 Å². The van der Waals surface area contributed by atoms with Gasteiger partial charge in [-0.3, -0.25) is 4.79 Å². The van der Waals surface area contributed by atoms with E-state index in [1.54, 1.807) is 21.3 Å². The smallest absolute Gasteiger partial charge is 0.210 e. The van der Waals surface area contributed by atoms with Crippen LogP contribution in [0.15, 0.2) is 41.6 Å². The summed E-state index contributed by atoms with van der Waals surface area (Å²) in [4.78, 5) is 12.4. The van der Waals surface area contributed by atoms with Gasteiger partial charge in [0.15, 0.2) is 23.1 Å². The highest BCUT2D eigenvalue weighted by atomic mass is 32.2. The molecule has 0 amide bonds. The molecule has 3 aromatic rings. The molecule has 0 atom stereocenters. The first-order chi connectivity index (χ1) is 14.5. The van der Waals surface area contributed by atoms with E-state index in [4.69, 9.17) is 20.1 Å². The summed E-state index contributed by atoms with van der Waals surface area (Å²) in [5.74, 6) is 8.57. The summed E-state index contributed by atoms with van der Waals surface area (Å²) in [6.07, 6.45) is 0.409. The molecule has 3 rings (SSSR count). The number of thioether (sulfide) groups is 1. The lowest BCUT2D eigenvalue weighted by Gasteiger charge is -2.14. The number of aromatic nitrogens is 3. The number of nitrogen functional groups attached to an aromatic ring is 1. The molecule has 1 aromatic heterocycles. The van der Waals surface area contributed by atoms with Crippen LogP contribution in [0.25, 0.3) is 0 Å². The molecular weight excluding hydrogens is 404 g/mol. The average Bonchev–Trinajstić information content (AvgIpc) is 3.10. The Kier molecular flexibility index (Phi) is 6.83. The number of carbonyl (C=O) groups is 1. The van der Waals surface area contributed by atoms with Crippen LogP contribution in [0.2, 0.25) is 0 Å². The number of Topliss-reactive ketones (excluding diaryl/α,β-unsaturated/α-hetero) is 1. The third-order valence-electron chi connectivity index (χ3n) is 4.53. The lowest BCUT2D eigenvalue weighted by atomic mass is 10.1. The lowest BCUT2D eigenvalue weighted by Crippen LogP contribution is -2.15. The molecule has 0 aliphatic heterocycles. The minimum Gasteiger partial charge on any atom is -0.493 e. The van der Waals surface area contributed by atoms with Crippen molar-refractivity contribution in [3.8, 4) is 17.2 Å². The SMILES string of the molecule is COc1cc(Cc2nnc(SCC(=O)c3ccc(C)cc3)n2N)cc(OC)c1OC. The molecule has 158 valence electrons. The average molecular weight is 429 g/mol. The third kappa shape index (κ3) is 4.68. The van der Waals surface area contributed by atoms with E-state index in [0.29, 0.717) is 40.2 Å². The monoisotopic (exact) mass is 428 g/mol. The molecule has 2 N–H and O–H groups in total. The van der Waals surface area contributed by atoms with E-state index in [1.807, 2.05) is 43.3 Å². The number of carbonyl (C=O) groups excluding carboxylic acids is 1. The van der Waals surface area contributed by atoms with Gasteiger partial charge < -0.3 is 20.1 Å². The first kappa shape index (κ1) is 21.5. The molecule has 0 bridgehead atoms. The Balaban J connectivity index is 1.72. The Bertz CT molecular complexity index is 1010. The highest BCUT2D eigenvalue weighted by Gasteiger charge is 2.17. The van der Waals surface area contributed by atoms with Crippen LogP contribution in [-0.4, -0.2) is 47.7 Å². The Morgan fingerprint density at radius 2 is 1.67 bits per heavy atom. The summed E-state index contributed by atoms with van der Waals surface area (Å²) in [6.45, 7) is 1.98. The molecule has 0 radical (unpaired) electrons. The molecule has 8 nitrogen and oxygen atoms in total. The number of aryl methyl sites for hydroxylation is 1. The van der Waals surface area contributed by atoms with E-state index in [1.165, 1.54) is 16.4 Å². The molecule has 0 unspecified atom stereocenters. The summed E-state index contributed by atoms with van der Waals surface area (Å²) in [6, 6.07) is 11.1. The molecule has 0 saturated heterocycles. The van der Waals surface area contributed by atoms with Crippen LogP contribution in [-0.2, 0) is 6.42 Å². The molecule has 0 aliphatic carbocycles. The van der Waals surface area contributed by atoms with Crippen molar-refractivity contribution in [3.63, 3.8) is 0 Å². The largest absolute Gasteiger partial charge is 0.493 e. The second kappa shape index (κ2) is 9.53. The number of ether oxygens (including phenoxy) is 3. The maximum absolute atomic E-state index is 12.4. The molecular formula is C21H24N4O4S. The van der Waals surface area contributed by atoms with Crippen molar-refractivity contribution in [2.45, 2.75) is 18.5 Å². The number of hydrogen-bond acceptors (Lipinski definition) is 8. The van der Waals surface area contributed by atoms with Gasteiger partial charge in [0.05, 0.1) is 27.1 Å². The van der Waals surface area contributed by atoms with Crippen LogP contribution in [0, 0.1) is 6.92 Å². The molecule has 2 aromatic carbocycles. The van der Waals surface area contributed by atoms with Crippen molar-refractivity contribution < 1.29 is 19.0 Å². The number of benzene rings is 2. The zero-order valence-electron chi connectivity index (χ0n) is 17.3. The van der Waals surface area contributed by atoms with E-state index in [2.05, 4.69) is 10.2 Å². The van der Waals surface area contributed by atoms with Crippen LogP contribution < -0.4 is 20.1 Å². The molecule has 9 heteroatoms. The summed E-state index contributed by atoms with van der Waals surface area (Å²) >= 11 is 1.25. The van der Waals surface area contributed by atoms with Crippen LogP contribution in [0.5, 0.6) is 17.2 Å². The number of hydrogen-bond donors (Lipinski definition) is 1. The number of nitrogens with zero attached hydrogens (tertiary/aromatic N) is 3. The zero-order valence-corrected chi connectivity index (χ0v) is 18.2. The highest BCUT2D eigenvalue weighted by Crippen LogP contribution is 2.38. The quantitative estimate of drug-likeness (QED) is 0.315. The standard InChI is InChI=1S/C21H24N4O4S/c1-13-5-7-15(8-6-13)16(26)12-30-21-24-23-19(25(21)22)11-14-9-17(27-2)20(29-4)18(10-14)28-3/h5-10H,11-12,22H2,1-4H3. The number of rotatable bonds is 9. The maximum Gasteiger partial charge on any atom is 0.210 e. The van der Waals surface area contributed by atoms with Gasteiger partial charge in [0.1, 0.15) is 0 Å². The van der Waals surface area contributed by atoms with Gasteiger partial charge in [0, 0.05) is 12.0 Å². The van der Waals surface area contributed by atoms with Crippen LogP contribution in [0.3, 0.4) is 0 Å². The first-order valence-electron chi connectivity index (χ1n) is 9.17. The predicted octanol–water partition coefficient (Wildman–Crippen LogP) is 2.89. The van der Waals surface area contributed by atoms with E-state index in [0.717, 1.165) is 11.1 Å². The number of ketones is 1. The van der Waals surface area contributed by atoms with E-state index < -0.39 is 0 Å². The van der Waals surface area contributed by atoms with Gasteiger partial charge in [0.25, 0.3) is 0 Å². The van der Waals surface area contributed by atoms with E-state index >= 15 is 0 Å². The molecule has 0 saturated carbocycles. The van der Waals surface area contributed by atoms with Crippen molar-refractivity contribution in [1.82, 2.24) is 14.9 Å². The Hall–Kier alpha value is -3.20. The Morgan fingerprint density at radius 3 is 2.23 bits per heavy atom. The zero-order chi connectivity index (χ0) is 21.7. The highest BCUT2D eigenvalue weighted by molar-refractivity contribution is 7.99. The number of nitrogens with two attached hydrogens (primary N) is 1. The lowest BCUT2D eigenvalue weighted by molar-refractivity contribution is 0.102. The van der Waals surface area contributed by atoms with Crippen LogP contribution >= 0.6 is 11.8 Å². The molecule has 30 heavy (non-hydrogen) atoms. The topological polar surface area (TPSA) is 101 Å². The van der Waals surface area contributed by atoms with Gasteiger partial charge >= 0.3 is 0 Å². The minimum atomic E-state index is 0.00850. The fourth-order valence-electron chi connectivity index (χ4n) is 2.90. The predicted molar refractivity (Wildman–Crippen MR) is 115 cm³/mol. The fourth-order valence-corrected chi connectivity index (χ4v) is 3.67. The van der Waals surface area contributed by atoms with Crippen molar-refractivity contribution in [2.75, 3.05) is 32.9 Å². The number of methoxy groups -OCH3 is 3. The molecule has 1 heterocycles. The van der Waals surface area contributed by atoms with Crippen molar-refractivity contribution in [3.05, 3.63) is 58.9 Å². The third-order valence-corrected chi connectivity index (χ3v) is 5.47. The van der Waals surface area contributed by atoms with Crippen LogP contribution in [0.1, 0.15) is 27.3 Å². The Labute approximate surface area is 179 Å². The maximum atomic E-state index is 12.4. The Morgan fingerprint density at radius 1 is 1.03 bits per heavy atom. The molecule has 0 fully saturated rings. The summed E-state index contributed by atoms with van der Waals surface area (Å²) < 4.78 is 17.5. The van der Waals surface area contributed by atoms with Gasteiger partial charge in [-0.2, -0.15) is 0 Å². The van der Waals surface area contributed by atoms with E-state index in [-0.39, 0.29) is 11.5 Å². The van der Waals surface area contributed by atoms with E-state index in [9.17, 15) is 4.79 Å². The van der Waals surface area contributed by atoms with Gasteiger partial charge in [0.2, 0.25) is 10.9 Å². The van der Waals surface area contributed by atoms with Crippen molar-refractivity contribution in [2.24, 2.45) is 0 Å². The summed E-state index contributed by atoms with van der Waals surface area (Å²) in [7, 11) is 4.68. The minimum absolute atomic E-state index is 0.00850. The van der Waals surface area contributed by atoms with Crippen molar-refractivity contribution in [1.29, 1.82) is 0 Å². The van der Waals surface area contributed by atoms with Gasteiger partial charge in [-0.25, -0.2) is 4.68 Å². The second-order valence-corrected chi connectivity index (χ2v) is 7.50. The normalized spacial score (nSPS) is 10.7. The van der Waals surface area contributed by atoms with Crippen molar-refractivity contribution >= 4 is 17.5 Å². The van der Waals surface area contributed by atoms with Crippen LogP contribution in [0.4, 0.5) is 0 Å². The summed E-state index contributed by atoms with van der Waals surface area (Å²) in [5, 5.41) is 8.76. The fraction of sp³-hybridized carbons (Fsp3) is 0.286. The molecule has 0 aliphatic rings.